The van der Waals surface area contributed by atoms with E-state index in [9.17, 15) is 0 Å². The lowest BCUT2D eigenvalue weighted by molar-refractivity contribution is 0.268. The number of likely N-dealkylation sites (N-methyl/N-ethyl adjacent to an activating group) is 1. The first-order valence-corrected chi connectivity index (χ1v) is 5.41. The lowest BCUT2D eigenvalue weighted by Crippen LogP contribution is -2.23. The van der Waals surface area contributed by atoms with Crippen LogP contribution in [0.1, 0.15) is 11.1 Å². The highest BCUT2D eigenvalue weighted by atomic mass is 15.4. The molecule has 1 aliphatic heterocycles. The Morgan fingerprint density at radius 2 is 2.13 bits per heavy atom. The van der Waals surface area contributed by atoms with E-state index in [1.54, 1.807) is 0 Å². The zero-order valence-corrected chi connectivity index (χ0v) is 9.53. The molecule has 82 valence electrons. The van der Waals surface area contributed by atoms with Gasteiger partial charge in [-0.25, -0.2) is 0 Å². The SMILES string of the molecule is Cc1ccc(N)cc1CN1CCN(C)C1. The van der Waals surface area contributed by atoms with Crippen molar-refractivity contribution in [3.05, 3.63) is 29.3 Å². The van der Waals surface area contributed by atoms with Crippen LogP contribution in [0.25, 0.3) is 0 Å². The fourth-order valence-electron chi connectivity index (χ4n) is 2.03. The van der Waals surface area contributed by atoms with Crippen LogP contribution in [0.2, 0.25) is 0 Å². The largest absolute Gasteiger partial charge is 0.399 e. The van der Waals surface area contributed by atoms with E-state index in [2.05, 4.69) is 35.9 Å². The molecule has 2 N–H and O–H groups in total. The van der Waals surface area contributed by atoms with Crippen LogP contribution in [0.4, 0.5) is 5.69 Å². The maximum atomic E-state index is 5.80. The third-order valence-corrected chi connectivity index (χ3v) is 3.01. The first-order valence-electron chi connectivity index (χ1n) is 5.41. The molecular formula is C12H19N3. The molecule has 1 aromatic rings. The molecule has 0 unspecified atom stereocenters. The molecule has 0 bridgehead atoms. The van der Waals surface area contributed by atoms with Crippen LogP contribution in [0, 0.1) is 6.92 Å². The number of hydrogen-bond acceptors (Lipinski definition) is 3. The molecule has 3 heteroatoms. The summed E-state index contributed by atoms with van der Waals surface area (Å²) in [6.45, 7) is 6.55. The van der Waals surface area contributed by atoms with Crippen LogP contribution in [-0.2, 0) is 6.54 Å². The van der Waals surface area contributed by atoms with Gasteiger partial charge in [-0.05, 0) is 37.2 Å². The molecule has 0 amide bonds. The summed E-state index contributed by atoms with van der Waals surface area (Å²) in [6.07, 6.45) is 0. The molecule has 1 heterocycles. The van der Waals surface area contributed by atoms with E-state index in [1.807, 2.05) is 6.07 Å². The second kappa shape index (κ2) is 4.21. The number of nitrogens with zero attached hydrogens (tertiary/aromatic N) is 2. The van der Waals surface area contributed by atoms with Gasteiger partial charge < -0.3 is 5.73 Å². The molecule has 0 aromatic heterocycles. The molecule has 2 rings (SSSR count). The molecule has 0 spiro atoms. The first-order chi connectivity index (χ1) is 7.15. The quantitative estimate of drug-likeness (QED) is 0.738. The Labute approximate surface area is 91.5 Å². The molecule has 1 aromatic carbocycles. The van der Waals surface area contributed by atoms with Crippen molar-refractivity contribution in [1.82, 2.24) is 9.80 Å². The number of aryl methyl sites for hydroxylation is 1. The number of hydrogen-bond donors (Lipinski definition) is 1. The van der Waals surface area contributed by atoms with Crippen LogP contribution < -0.4 is 5.73 Å². The summed E-state index contributed by atoms with van der Waals surface area (Å²) in [7, 11) is 2.16. The second-order valence-electron chi connectivity index (χ2n) is 4.46. The van der Waals surface area contributed by atoms with Gasteiger partial charge in [0.25, 0.3) is 0 Å². The van der Waals surface area contributed by atoms with E-state index in [0.717, 1.165) is 25.4 Å². The van der Waals surface area contributed by atoms with Gasteiger partial charge >= 0.3 is 0 Å². The van der Waals surface area contributed by atoms with Gasteiger partial charge in [0.1, 0.15) is 0 Å². The molecule has 0 saturated carbocycles. The third-order valence-electron chi connectivity index (χ3n) is 3.01. The summed E-state index contributed by atoms with van der Waals surface area (Å²) in [5.41, 5.74) is 9.35. The summed E-state index contributed by atoms with van der Waals surface area (Å²) < 4.78 is 0. The van der Waals surface area contributed by atoms with Crippen molar-refractivity contribution in [2.75, 3.05) is 32.5 Å². The fraction of sp³-hybridized carbons (Fsp3) is 0.500. The maximum absolute atomic E-state index is 5.80. The molecular weight excluding hydrogens is 186 g/mol. The summed E-state index contributed by atoms with van der Waals surface area (Å²) in [5, 5.41) is 0. The predicted octanol–water partition coefficient (Wildman–Crippen LogP) is 1.28. The number of benzene rings is 1. The van der Waals surface area contributed by atoms with Crippen LogP contribution >= 0.6 is 0 Å². The Morgan fingerprint density at radius 1 is 1.33 bits per heavy atom. The molecule has 15 heavy (non-hydrogen) atoms. The van der Waals surface area contributed by atoms with Crippen molar-refractivity contribution in [1.29, 1.82) is 0 Å². The maximum Gasteiger partial charge on any atom is 0.0507 e. The third kappa shape index (κ3) is 2.49. The Hall–Kier alpha value is -1.06. The van der Waals surface area contributed by atoms with Crippen LogP contribution in [0.15, 0.2) is 18.2 Å². The van der Waals surface area contributed by atoms with Crippen molar-refractivity contribution in [2.24, 2.45) is 0 Å². The fourth-order valence-corrected chi connectivity index (χ4v) is 2.03. The zero-order valence-electron chi connectivity index (χ0n) is 9.53. The van der Waals surface area contributed by atoms with Gasteiger partial charge in [-0.15, -0.1) is 0 Å². The van der Waals surface area contributed by atoms with Gasteiger partial charge in [-0.2, -0.15) is 0 Å². The summed E-state index contributed by atoms with van der Waals surface area (Å²) in [4.78, 5) is 4.78. The standard InChI is InChI=1S/C12H19N3/c1-10-3-4-12(13)7-11(10)8-15-6-5-14(2)9-15/h3-4,7H,5-6,8-9,13H2,1-2H3. The normalized spacial score (nSPS) is 18.5. The molecule has 0 atom stereocenters. The average Bonchev–Trinajstić information content (AvgIpc) is 2.58. The molecule has 1 fully saturated rings. The Balaban J connectivity index is 2.07. The van der Waals surface area contributed by atoms with Crippen molar-refractivity contribution >= 4 is 5.69 Å². The Kier molecular flexibility index (Phi) is 2.93. The van der Waals surface area contributed by atoms with Gasteiger partial charge in [-0.3, -0.25) is 9.80 Å². The number of nitrogens with two attached hydrogens (primary N) is 1. The van der Waals surface area contributed by atoms with Gasteiger partial charge in [0, 0.05) is 25.3 Å². The number of nitrogen functional groups attached to an aromatic ring is 1. The lowest BCUT2D eigenvalue weighted by Gasteiger charge is -2.17. The smallest absolute Gasteiger partial charge is 0.0507 e. The van der Waals surface area contributed by atoms with Gasteiger partial charge in [0.2, 0.25) is 0 Å². The van der Waals surface area contributed by atoms with Gasteiger partial charge in [0.15, 0.2) is 0 Å². The molecule has 0 aliphatic carbocycles. The first kappa shape index (κ1) is 10.5. The highest BCUT2D eigenvalue weighted by molar-refractivity contribution is 5.44. The van der Waals surface area contributed by atoms with Gasteiger partial charge in [-0.1, -0.05) is 6.07 Å². The average molecular weight is 205 g/mol. The van der Waals surface area contributed by atoms with Crippen LogP contribution in [0.5, 0.6) is 0 Å². The highest BCUT2D eigenvalue weighted by Crippen LogP contribution is 2.16. The second-order valence-corrected chi connectivity index (χ2v) is 4.46. The summed E-state index contributed by atoms with van der Waals surface area (Å²) in [6, 6.07) is 6.16. The topological polar surface area (TPSA) is 32.5 Å². The van der Waals surface area contributed by atoms with E-state index >= 15 is 0 Å². The molecule has 1 aliphatic rings. The van der Waals surface area contributed by atoms with E-state index in [4.69, 9.17) is 5.73 Å². The molecule has 1 saturated heterocycles. The highest BCUT2D eigenvalue weighted by Gasteiger charge is 2.16. The van der Waals surface area contributed by atoms with E-state index in [-0.39, 0.29) is 0 Å². The van der Waals surface area contributed by atoms with E-state index < -0.39 is 0 Å². The Morgan fingerprint density at radius 3 is 2.80 bits per heavy atom. The van der Waals surface area contributed by atoms with Crippen molar-refractivity contribution in [3.8, 4) is 0 Å². The number of rotatable bonds is 2. The molecule has 0 radical (unpaired) electrons. The minimum atomic E-state index is 0.864. The van der Waals surface area contributed by atoms with Crippen LogP contribution in [-0.4, -0.2) is 36.6 Å². The predicted molar refractivity (Wildman–Crippen MR) is 63.5 cm³/mol. The van der Waals surface area contributed by atoms with Crippen molar-refractivity contribution < 1.29 is 0 Å². The lowest BCUT2D eigenvalue weighted by atomic mass is 10.1. The van der Waals surface area contributed by atoms with E-state index in [1.165, 1.54) is 17.7 Å². The van der Waals surface area contributed by atoms with Crippen molar-refractivity contribution in [3.63, 3.8) is 0 Å². The Bertz CT molecular complexity index is 349. The monoisotopic (exact) mass is 205 g/mol. The minimum Gasteiger partial charge on any atom is -0.399 e. The molecule has 3 nitrogen and oxygen atoms in total. The van der Waals surface area contributed by atoms with Gasteiger partial charge in [0.05, 0.1) is 6.67 Å². The number of anilines is 1. The zero-order chi connectivity index (χ0) is 10.8. The van der Waals surface area contributed by atoms with Crippen LogP contribution in [0.3, 0.4) is 0 Å². The minimum absolute atomic E-state index is 0.864. The summed E-state index contributed by atoms with van der Waals surface area (Å²) in [5.74, 6) is 0. The van der Waals surface area contributed by atoms with E-state index in [0.29, 0.717) is 0 Å². The van der Waals surface area contributed by atoms with Crippen molar-refractivity contribution in [2.45, 2.75) is 13.5 Å². The summed E-state index contributed by atoms with van der Waals surface area (Å²) >= 11 is 0.